The number of hydrazine groups is 1. The van der Waals surface area contributed by atoms with Crippen LogP contribution >= 0.6 is 11.6 Å². The molecule has 0 aliphatic heterocycles. The van der Waals surface area contributed by atoms with Gasteiger partial charge in [-0.2, -0.15) is 0 Å². The minimum absolute atomic E-state index is 0.145. The number of nitrogens with two attached hydrogens (primary N) is 1. The Morgan fingerprint density at radius 3 is 2.63 bits per heavy atom. The maximum atomic E-state index is 13.7. The van der Waals surface area contributed by atoms with Crippen LogP contribution in [-0.4, -0.2) is 0 Å². The highest BCUT2D eigenvalue weighted by molar-refractivity contribution is 6.31. The average molecular weight is 279 g/mol. The molecular formula is C15H16ClFN2. The van der Waals surface area contributed by atoms with Crippen LogP contribution in [0.4, 0.5) is 4.39 Å². The van der Waals surface area contributed by atoms with Gasteiger partial charge in [-0.15, -0.1) is 0 Å². The molecule has 2 aromatic rings. The molecule has 0 aliphatic rings. The molecule has 1 atom stereocenters. The third-order valence-electron chi connectivity index (χ3n) is 3.17. The molecule has 0 spiro atoms. The number of hydrogen-bond acceptors (Lipinski definition) is 2. The quantitative estimate of drug-likeness (QED) is 0.663. The second kappa shape index (κ2) is 6.15. The molecule has 0 radical (unpaired) electrons. The van der Waals surface area contributed by atoms with Gasteiger partial charge >= 0.3 is 0 Å². The van der Waals surface area contributed by atoms with Gasteiger partial charge in [-0.25, -0.2) is 4.39 Å². The number of hydrogen-bond donors (Lipinski definition) is 2. The van der Waals surface area contributed by atoms with Crippen LogP contribution in [0.15, 0.2) is 42.5 Å². The van der Waals surface area contributed by atoms with Crippen molar-refractivity contribution >= 4 is 11.6 Å². The molecule has 2 nitrogen and oxygen atoms in total. The lowest BCUT2D eigenvalue weighted by molar-refractivity contribution is 0.529. The van der Waals surface area contributed by atoms with E-state index in [0.717, 1.165) is 11.1 Å². The zero-order valence-electron chi connectivity index (χ0n) is 10.7. The predicted molar refractivity (Wildman–Crippen MR) is 76.4 cm³/mol. The van der Waals surface area contributed by atoms with Gasteiger partial charge in [0.05, 0.1) is 6.04 Å². The second-order valence-corrected chi connectivity index (χ2v) is 4.93. The van der Waals surface area contributed by atoms with Gasteiger partial charge in [0.15, 0.2) is 0 Å². The monoisotopic (exact) mass is 278 g/mol. The number of aryl methyl sites for hydroxylation is 1. The van der Waals surface area contributed by atoms with E-state index >= 15 is 0 Å². The Morgan fingerprint density at radius 2 is 2.00 bits per heavy atom. The highest BCUT2D eigenvalue weighted by Crippen LogP contribution is 2.23. The van der Waals surface area contributed by atoms with Gasteiger partial charge in [0, 0.05) is 5.02 Å². The molecule has 0 saturated carbocycles. The first-order chi connectivity index (χ1) is 9.11. The van der Waals surface area contributed by atoms with Crippen LogP contribution in [-0.2, 0) is 6.42 Å². The summed E-state index contributed by atoms with van der Waals surface area (Å²) in [5.74, 6) is 5.37. The minimum atomic E-state index is -0.214. The molecule has 0 aliphatic carbocycles. The fraction of sp³-hybridized carbons (Fsp3) is 0.200. The summed E-state index contributed by atoms with van der Waals surface area (Å²) in [6.07, 6.45) is 0.490. The van der Waals surface area contributed by atoms with E-state index in [9.17, 15) is 4.39 Å². The summed E-state index contributed by atoms with van der Waals surface area (Å²) < 4.78 is 13.7. The summed E-state index contributed by atoms with van der Waals surface area (Å²) in [4.78, 5) is 0. The van der Waals surface area contributed by atoms with Gasteiger partial charge < -0.3 is 0 Å². The van der Waals surface area contributed by atoms with Gasteiger partial charge in [-0.1, -0.05) is 41.9 Å². The standard InChI is InChI=1S/C15H16ClFN2/c1-10-8-12(6-7-13(10)16)15(19-18)9-11-4-2-3-5-14(11)17/h2-8,15,19H,9,18H2,1H3. The van der Waals surface area contributed by atoms with Crippen LogP contribution in [0, 0.1) is 12.7 Å². The molecule has 0 amide bonds. The van der Waals surface area contributed by atoms with E-state index < -0.39 is 0 Å². The van der Waals surface area contributed by atoms with Crippen LogP contribution in [0.1, 0.15) is 22.7 Å². The summed E-state index contributed by atoms with van der Waals surface area (Å²) in [6.45, 7) is 1.93. The molecule has 1 unspecified atom stereocenters. The molecule has 4 heteroatoms. The van der Waals surface area contributed by atoms with Gasteiger partial charge in [0.1, 0.15) is 5.82 Å². The van der Waals surface area contributed by atoms with Crippen molar-refractivity contribution in [1.29, 1.82) is 0 Å². The molecule has 2 aromatic carbocycles. The van der Waals surface area contributed by atoms with Crippen LogP contribution in [0.5, 0.6) is 0 Å². The van der Waals surface area contributed by atoms with Gasteiger partial charge in [-0.3, -0.25) is 11.3 Å². The minimum Gasteiger partial charge on any atom is -0.271 e. The van der Waals surface area contributed by atoms with Crippen LogP contribution in [0.2, 0.25) is 5.02 Å². The highest BCUT2D eigenvalue weighted by Gasteiger charge is 2.13. The van der Waals surface area contributed by atoms with Crippen molar-refractivity contribution in [2.75, 3.05) is 0 Å². The third-order valence-corrected chi connectivity index (χ3v) is 3.59. The Hall–Kier alpha value is -1.42. The molecule has 100 valence electrons. The van der Waals surface area contributed by atoms with Crippen molar-refractivity contribution in [2.24, 2.45) is 5.84 Å². The van der Waals surface area contributed by atoms with E-state index in [4.69, 9.17) is 17.4 Å². The summed E-state index contributed by atoms with van der Waals surface area (Å²) in [5.41, 5.74) is 5.34. The SMILES string of the molecule is Cc1cc(C(Cc2ccccc2F)NN)ccc1Cl. The van der Waals surface area contributed by atoms with Gasteiger partial charge in [-0.05, 0) is 42.2 Å². The number of halogens is 2. The zero-order chi connectivity index (χ0) is 13.8. The largest absolute Gasteiger partial charge is 0.271 e. The lowest BCUT2D eigenvalue weighted by Gasteiger charge is -2.17. The topological polar surface area (TPSA) is 38.0 Å². The van der Waals surface area contributed by atoms with E-state index in [1.165, 1.54) is 6.07 Å². The van der Waals surface area contributed by atoms with Crippen molar-refractivity contribution in [1.82, 2.24) is 5.43 Å². The molecule has 0 heterocycles. The molecular weight excluding hydrogens is 263 g/mol. The first-order valence-electron chi connectivity index (χ1n) is 6.07. The van der Waals surface area contributed by atoms with Crippen LogP contribution < -0.4 is 11.3 Å². The fourth-order valence-electron chi connectivity index (χ4n) is 2.04. The molecule has 0 fully saturated rings. The Labute approximate surface area is 117 Å². The lowest BCUT2D eigenvalue weighted by atomic mass is 9.98. The second-order valence-electron chi connectivity index (χ2n) is 4.52. The van der Waals surface area contributed by atoms with E-state index in [1.54, 1.807) is 12.1 Å². The number of benzene rings is 2. The lowest BCUT2D eigenvalue weighted by Crippen LogP contribution is -2.29. The Bertz CT molecular complexity index is 572. The maximum absolute atomic E-state index is 13.7. The van der Waals surface area contributed by atoms with Gasteiger partial charge in [0.2, 0.25) is 0 Å². The summed E-state index contributed by atoms with van der Waals surface area (Å²) in [7, 11) is 0. The van der Waals surface area contributed by atoms with E-state index in [-0.39, 0.29) is 11.9 Å². The van der Waals surface area contributed by atoms with Crippen LogP contribution in [0.3, 0.4) is 0 Å². The van der Waals surface area contributed by atoms with Crippen LogP contribution in [0.25, 0.3) is 0 Å². The van der Waals surface area contributed by atoms with Crippen molar-refractivity contribution in [3.63, 3.8) is 0 Å². The van der Waals surface area contributed by atoms with Crippen molar-refractivity contribution in [3.05, 3.63) is 70.0 Å². The maximum Gasteiger partial charge on any atom is 0.126 e. The number of rotatable bonds is 4. The van der Waals surface area contributed by atoms with Crippen molar-refractivity contribution < 1.29 is 4.39 Å². The highest BCUT2D eigenvalue weighted by atomic mass is 35.5. The first kappa shape index (κ1) is 14.0. The Balaban J connectivity index is 2.25. The molecule has 0 aromatic heterocycles. The van der Waals surface area contributed by atoms with E-state index in [2.05, 4.69) is 5.43 Å². The van der Waals surface area contributed by atoms with Crippen molar-refractivity contribution in [2.45, 2.75) is 19.4 Å². The summed E-state index contributed by atoms with van der Waals surface area (Å²) in [5, 5.41) is 0.713. The Kier molecular flexibility index (Phi) is 4.53. The van der Waals surface area contributed by atoms with E-state index in [0.29, 0.717) is 17.0 Å². The Morgan fingerprint density at radius 1 is 1.26 bits per heavy atom. The normalized spacial score (nSPS) is 12.4. The van der Waals surface area contributed by atoms with Crippen molar-refractivity contribution in [3.8, 4) is 0 Å². The van der Waals surface area contributed by atoms with E-state index in [1.807, 2.05) is 31.2 Å². The first-order valence-corrected chi connectivity index (χ1v) is 6.45. The molecule has 3 N–H and O–H groups in total. The zero-order valence-corrected chi connectivity index (χ0v) is 11.4. The summed E-state index contributed by atoms with van der Waals surface area (Å²) in [6, 6.07) is 12.3. The summed E-state index contributed by atoms with van der Waals surface area (Å²) >= 11 is 6.00. The molecule has 0 bridgehead atoms. The van der Waals surface area contributed by atoms with Gasteiger partial charge in [0.25, 0.3) is 0 Å². The molecule has 19 heavy (non-hydrogen) atoms. The smallest absolute Gasteiger partial charge is 0.126 e. The third kappa shape index (κ3) is 3.32. The fourth-order valence-corrected chi connectivity index (χ4v) is 2.16. The molecule has 2 rings (SSSR count). The average Bonchev–Trinajstić information content (AvgIpc) is 2.41. The molecule has 0 saturated heterocycles. The number of nitrogens with one attached hydrogen (secondary N) is 1. The predicted octanol–water partition coefficient (Wildman–Crippen LogP) is 3.53.